The summed E-state index contributed by atoms with van der Waals surface area (Å²) >= 11 is 0. The largest absolute Gasteiger partial charge is 0.350 e. The summed E-state index contributed by atoms with van der Waals surface area (Å²) in [6.07, 6.45) is 8.28. The van der Waals surface area contributed by atoms with E-state index in [1.165, 1.54) is 0 Å². The van der Waals surface area contributed by atoms with Gasteiger partial charge in [0.15, 0.2) is 0 Å². The van der Waals surface area contributed by atoms with Crippen LogP contribution in [0.3, 0.4) is 0 Å². The quantitative estimate of drug-likeness (QED) is 0.570. The van der Waals surface area contributed by atoms with Crippen molar-refractivity contribution < 1.29 is 0 Å². The fourth-order valence-corrected chi connectivity index (χ4v) is 1.25. The van der Waals surface area contributed by atoms with E-state index in [2.05, 4.69) is 27.6 Å². The standard InChI is InChI=1S/C9H15N3/c1-3-5-11-7-10-8-12(9-11)6-4-2/h1,8H,4-7,9H2,2H3. The first-order valence-electron chi connectivity index (χ1n) is 4.26. The summed E-state index contributed by atoms with van der Waals surface area (Å²) in [5.74, 6) is 2.63. The summed E-state index contributed by atoms with van der Waals surface area (Å²) in [5, 5.41) is 0. The first-order valence-corrected chi connectivity index (χ1v) is 4.26. The Morgan fingerprint density at radius 2 is 2.50 bits per heavy atom. The molecule has 1 aliphatic rings. The van der Waals surface area contributed by atoms with Crippen LogP contribution in [0, 0.1) is 12.3 Å². The molecule has 0 N–H and O–H groups in total. The summed E-state index contributed by atoms with van der Waals surface area (Å²) in [6, 6.07) is 0. The molecule has 12 heavy (non-hydrogen) atoms. The molecule has 0 unspecified atom stereocenters. The van der Waals surface area contributed by atoms with E-state index >= 15 is 0 Å². The highest BCUT2D eigenvalue weighted by atomic mass is 15.4. The second-order valence-electron chi connectivity index (χ2n) is 2.93. The lowest BCUT2D eigenvalue weighted by Crippen LogP contribution is -2.41. The van der Waals surface area contributed by atoms with Gasteiger partial charge in [-0.3, -0.25) is 9.89 Å². The normalized spacial score (nSPS) is 17.8. The number of hydrogen-bond acceptors (Lipinski definition) is 3. The van der Waals surface area contributed by atoms with E-state index in [0.717, 1.165) is 26.3 Å². The fraction of sp³-hybridized carbons (Fsp3) is 0.667. The molecular formula is C9H15N3. The number of terminal acetylenes is 1. The molecule has 0 aromatic rings. The zero-order valence-electron chi connectivity index (χ0n) is 7.53. The zero-order valence-corrected chi connectivity index (χ0v) is 7.53. The molecule has 1 rings (SSSR count). The van der Waals surface area contributed by atoms with Crippen LogP contribution < -0.4 is 0 Å². The first kappa shape index (κ1) is 9.08. The van der Waals surface area contributed by atoms with Gasteiger partial charge in [0, 0.05) is 6.54 Å². The number of rotatable bonds is 3. The van der Waals surface area contributed by atoms with Gasteiger partial charge in [0.2, 0.25) is 0 Å². The molecule has 3 nitrogen and oxygen atoms in total. The Bertz CT molecular complexity index is 192. The van der Waals surface area contributed by atoms with Gasteiger partial charge in [0.05, 0.1) is 26.2 Å². The highest BCUT2D eigenvalue weighted by Crippen LogP contribution is 1.99. The van der Waals surface area contributed by atoms with Crippen LogP contribution in [0.4, 0.5) is 0 Å². The van der Waals surface area contributed by atoms with Crippen LogP contribution in [-0.2, 0) is 0 Å². The topological polar surface area (TPSA) is 18.8 Å². The minimum Gasteiger partial charge on any atom is -0.350 e. The van der Waals surface area contributed by atoms with Crippen LogP contribution in [0.5, 0.6) is 0 Å². The van der Waals surface area contributed by atoms with Crippen LogP contribution in [0.15, 0.2) is 4.99 Å². The van der Waals surface area contributed by atoms with Gasteiger partial charge < -0.3 is 4.90 Å². The molecule has 1 aliphatic heterocycles. The molecule has 0 aromatic heterocycles. The third-order valence-corrected chi connectivity index (χ3v) is 1.73. The van der Waals surface area contributed by atoms with E-state index in [9.17, 15) is 0 Å². The van der Waals surface area contributed by atoms with Crippen molar-refractivity contribution in [2.75, 3.05) is 26.4 Å². The maximum Gasteiger partial charge on any atom is 0.0948 e. The molecule has 1 heterocycles. The predicted molar refractivity (Wildman–Crippen MR) is 50.8 cm³/mol. The number of aliphatic imine (C=N–C) groups is 1. The lowest BCUT2D eigenvalue weighted by molar-refractivity contribution is 0.197. The summed E-state index contributed by atoms with van der Waals surface area (Å²) in [5.41, 5.74) is 0. The van der Waals surface area contributed by atoms with Crippen molar-refractivity contribution >= 4 is 6.34 Å². The average molecular weight is 165 g/mol. The monoisotopic (exact) mass is 165 g/mol. The molecule has 0 saturated carbocycles. The Morgan fingerprint density at radius 1 is 1.67 bits per heavy atom. The Morgan fingerprint density at radius 3 is 3.17 bits per heavy atom. The summed E-state index contributed by atoms with van der Waals surface area (Å²) in [7, 11) is 0. The second kappa shape index (κ2) is 4.78. The highest BCUT2D eigenvalue weighted by Gasteiger charge is 2.10. The van der Waals surface area contributed by atoms with Crippen molar-refractivity contribution in [2.45, 2.75) is 13.3 Å². The van der Waals surface area contributed by atoms with E-state index in [1.807, 2.05) is 6.34 Å². The molecule has 0 spiro atoms. The highest BCUT2D eigenvalue weighted by molar-refractivity contribution is 5.55. The Hall–Kier alpha value is -1.01. The van der Waals surface area contributed by atoms with Crippen LogP contribution >= 0.6 is 0 Å². The molecule has 0 bridgehead atoms. The van der Waals surface area contributed by atoms with E-state index in [1.54, 1.807) is 0 Å². The molecule has 66 valence electrons. The van der Waals surface area contributed by atoms with Gasteiger partial charge in [-0.2, -0.15) is 0 Å². The van der Waals surface area contributed by atoms with Crippen molar-refractivity contribution in [3.63, 3.8) is 0 Å². The van der Waals surface area contributed by atoms with Crippen molar-refractivity contribution in [1.29, 1.82) is 0 Å². The summed E-state index contributed by atoms with van der Waals surface area (Å²) in [4.78, 5) is 8.52. The maximum absolute atomic E-state index is 5.22. The van der Waals surface area contributed by atoms with Gasteiger partial charge in [-0.1, -0.05) is 12.8 Å². The van der Waals surface area contributed by atoms with Gasteiger partial charge in [0.25, 0.3) is 0 Å². The molecule has 0 fully saturated rings. The first-order chi connectivity index (χ1) is 5.86. The Balaban J connectivity index is 2.35. The smallest absolute Gasteiger partial charge is 0.0948 e. The zero-order chi connectivity index (χ0) is 8.81. The van der Waals surface area contributed by atoms with Gasteiger partial charge in [0.1, 0.15) is 0 Å². The molecule has 3 heteroatoms. The predicted octanol–water partition coefficient (Wildman–Crippen LogP) is 0.590. The van der Waals surface area contributed by atoms with Crippen molar-refractivity contribution in [2.24, 2.45) is 4.99 Å². The molecule has 0 aliphatic carbocycles. The van der Waals surface area contributed by atoms with Gasteiger partial charge in [-0.05, 0) is 6.42 Å². The molecule has 0 radical (unpaired) electrons. The number of nitrogens with zero attached hydrogens (tertiary/aromatic N) is 3. The van der Waals surface area contributed by atoms with Gasteiger partial charge >= 0.3 is 0 Å². The summed E-state index contributed by atoms with van der Waals surface area (Å²) in [6.45, 7) is 5.57. The van der Waals surface area contributed by atoms with Crippen molar-refractivity contribution in [1.82, 2.24) is 9.80 Å². The molecule has 0 aromatic carbocycles. The van der Waals surface area contributed by atoms with Crippen LogP contribution in [-0.4, -0.2) is 42.6 Å². The lowest BCUT2D eigenvalue weighted by atomic mass is 10.4. The fourth-order valence-electron chi connectivity index (χ4n) is 1.25. The molecule has 0 saturated heterocycles. The van der Waals surface area contributed by atoms with Crippen molar-refractivity contribution in [3.8, 4) is 12.3 Å². The van der Waals surface area contributed by atoms with E-state index in [0.29, 0.717) is 6.54 Å². The Labute approximate surface area is 74.1 Å². The minimum atomic E-state index is 0.692. The molecule has 0 amide bonds. The van der Waals surface area contributed by atoms with Crippen molar-refractivity contribution in [3.05, 3.63) is 0 Å². The van der Waals surface area contributed by atoms with E-state index in [-0.39, 0.29) is 0 Å². The average Bonchev–Trinajstić information content (AvgIpc) is 2.06. The molecular weight excluding hydrogens is 150 g/mol. The second-order valence-corrected chi connectivity index (χ2v) is 2.93. The third kappa shape index (κ3) is 2.55. The Kier molecular flexibility index (Phi) is 3.62. The third-order valence-electron chi connectivity index (χ3n) is 1.73. The molecule has 0 atom stereocenters. The maximum atomic E-state index is 5.22. The number of hydrogen-bond donors (Lipinski definition) is 0. The van der Waals surface area contributed by atoms with Gasteiger partial charge in [-0.25, -0.2) is 0 Å². The SMILES string of the molecule is C#CCN1CN=CN(CCC)C1. The van der Waals surface area contributed by atoms with Crippen LogP contribution in [0.25, 0.3) is 0 Å². The van der Waals surface area contributed by atoms with Crippen LogP contribution in [0.1, 0.15) is 13.3 Å². The van der Waals surface area contributed by atoms with Crippen LogP contribution in [0.2, 0.25) is 0 Å². The van der Waals surface area contributed by atoms with E-state index in [4.69, 9.17) is 6.42 Å². The summed E-state index contributed by atoms with van der Waals surface area (Å²) < 4.78 is 0. The van der Waals surface area contributed by atoms with Gasteiger partial charge in [-0.15, -0.1) is 6.42 Å². The lowest BCUT2D eigenvalue weighted by Gasteiger charge is -2.30. The minimum absolute atomic E-state index is 0.692. The van der Waals surface area contributed by atoms with E-state index < -0.39 is 0 Å².